The number of nitrogens with two attached hydrogens (primary N) is 1. The summed E-state index contributed by atoms with van der Waals surface area (Å²) in [7, 11) is 2.08. The molecule has 0 atom stereocenters. The van der Waals surface area contributed by atoms with Gasteiger partial charge >= 0.3 is 0 Å². The summed E-state index contributed by atoms with van der Waals surface area (Å²) in [5, 5.41) is 5.26. The van der Waals surface area contributed by atoms with Gasteiger partial charge in [-0.2, -0.15) is 5.10 Å². The fourth-order valence-corrected chi connectivity index (χ4v) is 3.82. The van der Waals surface area contributed by atoms with Crippen molar-refractivity contribution in [2.24, 2.45) is 5.10 Å². The lowest BCUT2D eigenvalue weighted by molar-refractivity contribution is 0.381. The van der Waals surface area contributed by atoms with Gasteiger partial charge < -0.3 is 20.4 Å². The van der Waals surface area contributed by atoms with Gasteiger partial charge in [0.2, 0.25) is 0 Å². The van der Waals surface area contributed by atoms with Crippen LogP contribution in [0.25, 0.3) is 0 Å². The second-order valence-electron chi connectivity index (χ2n) is 7.08. The van der Waals surface area contributed by atoms with Crippen molar-refractivity contribution >= 4 is 40.1 Å². The second-order valence-corrected chi connectivity index (χ2v) is 7.47. The molecule has 0 amide bonds. The van der Waals surface area contributed by atoms with Crippen LogP contribution in [-0.4, -0.2) is 60.5 Å². The first-order chi connectivity index (χ1) is 13.6. The topological polar surface area (TPSA) is 73.0 Å². The van der Waals surface area contributed by atoms with E-state index in [4.69, 9.17) is 18.0 Å². The van der Waals surface area contributed by atoms with Crippen LogP contribution in [0.5, 0.6) is 0 Å². The number of nitrogens with zero attached hydrogens (tertiary/aromatic N) is 5. The SMILES string of the molecule is CN1CC/C(=N/NC(=S)N2CCN(c3ccc(N)cc3)CC2)c2ncccc21. The highest BCUT2D eigenvalue weighted by atomic mass is 32.1. The van der Waals surface area contributed by atoms with Gasteiger partial charge in [-0.25, -0.2) is 0 Å². The van der Waals surface area contributed by atoms with Crippen LogP contribution in [-0.2, 0) is 0 Å². The minimum Gasteiger partial charge on any atom is -0.399 e. The number of fused-ring (bicyclic) bond motifs is 1. The average molecular weight is 396 g/mol. The first-order valence-electron chi connectivity index (χ1n) is 9.50. The van der Waals surface area contributed by atoms with Gasteiger partial charge in [0.25, 0.3) is 0 Å². The molecule has 1 saturated heterocycles. The molecule has 3 heterocycles. The summed E-state index contributed by atoms with van der Waals surface area (Å²) >= 11 is 5.58. The molecule has 146 valence electrons. The zero-order valence-corrected chi connectivity index (χ0v) is 16.8. The number of pyridine rings is 1. The predicted octanol–water partition coefficient (Wildman–Crippen LogP) is 1.90. The van der Waals surface area contributed by atoms with Crippen molar-refractivity contribution in [3.63, 3.8) is 0 Å². The van der Waals surface area contributed by atoms with Crippen LogP contribution in [0.15, 0.2) is 47.7 Å². The number of aromatic nitrogens is 1. The summed E-state index contributed by atoms with van der Waals surface area (Å²) in [6.45, 7) is 4.47. The maximum Gasteiger partial charge on any atom is 0.189 e. The monoisotopic (exact) mass is 395 g/mol. The Morgan fingerprint density at radius 3 is 2.61 bits per heavy atom. The number of hydrogen-bond acceptors (Lipinski definition) is 6. The van der Waals surface area contributed by atoms with Crippen LogP contribution < -0.4 is 21.0 Å². The number of nitrogen functional groups attached to an aromatic ring is 1. The number of hydrogen-bond donors (Lipinski definition) is 2. The second kappa shape index (κ2) is 8.02. The number of benzene rings is 1. The van der Waals surface area contributed by atoms with E-state index in [9.17, 15) is 0 Å². The summed E-state index contributed by atoms with van der Waals surface area (Å²) in [6, 6.07) is 12.0. The summed E-state index contributed by atoms with van der Waals surface area (Å²) in [4.78, 5) is 11.2. The maximum absolute atomic E-state index is 5.78. The van der Waals surface area contributed by atoms with Crippen molar-refractivity contribution in [2.45, 2.75) is 6.42 Å². The Kier molecular flexibility index (Phi) is 5.29. The van der Waals surface area contributed by atoms with E-state index in [1.165, 1.54) is 5.69 Å². The van der Waals surface area contributed by atoms with Crippen molar-refractivity contribution in [2.75, 3.05) is 55.3 Å². The smallest absolute Gasteiger partial charge is 0.189 e. The van der Waals surface area contributed by atoms with Crippen molar-refractivity contribution < 1.29 is 0 Å². The third-order valence-corrected chi connectivity index (χ3v) is 5.62. The first-order valence-corrected chi connectivity index (χ1v) is 9.91. The first kappa shape index (κ1) is 18.5. The summed E-state index contributed by atoms with van der Waals surface area (Å²) in [6.07, 6.45) is 2.66. The molecule has 4 rings (SSSR count). The Morgan fingerprint density at radius 2 is 1.86 bits per heavy atom. The van der Waals surface area contributed by atoms with E-state index in [0.29, 0.717) is 5.11 Å². The molecule has 2 aliphatic heterocycles. The molecule has 0 spiro atoms. The van der Waals surface area contributed by atoms with Crippen LogP contribution in [0.3, 0.4) is 0 Å². The number of thiocarbonyl (C=S) groups is 1. The standard InChI is InChI=1S/C20H25N7S/c1-25-10-8-17(19-18(25)3-2-9-22-19)23-24-20(28)27-13-11-26(12-14-27)16-6-4-15(21)5-7-16/h2-7,9H,8,10-14,21H2,1H3,(H,24,28)/b23-17-. The number of anilines is 3. The van der Waals surface area contributed by atoms with Crippen LogP contribution in [0.4, 0.5) is 17.1 Å². The highest BCUT2D eigenvalue weighted by Crippen LogP contribution is 2.23. The third kappa shape index (κ3) is 3.87. The van der Waals surface area contributed by atoms with Crippen LogP contribution in [0.1, 0.15) is 12.1 Å². The molecule has 1 aromatic carbocycles. The Balaban J connectivity index is 1.36. The van der Waals surface area contributed by atoms with Crippen molar-refractivity contribution in [1.29, 1.82) is 0 Å². The van der Waals surface area contributed by atoms with Gasteiger partial charge in [0.05, 0.1) is 11.4 Å². The molecule has 0 bridgehead atoms. The summed E-state index contributed by atoms with van der Waals surface area (Å²) in [5.41, 5.74) is 13.8. The molecule has 0 radical (unpaired) electrons. The minimum atomic E-state index is 0.667. The zero-order valence-electron chi connectivity index (χ0n) is 16.0. The Bertz CT molecular complexity index is 872. The Morgan fingerprint density at radius 1 is 1.11 bits per heavy atom. The van der Waals surface area contributed by atoms with Crippen LogP contribution in [0.2, 0.25) is 0 Å². The highest BCUT2D eigenvalue weighted by molar-refractivity contribution is 7.80. The number of nitrogens with one attached hydrogen (secondary N) is 1. The minimum absolute atomic E-state index is 0.667. The lowest BCUT2D eigenvalue weighted by Crippen LogP contribution is -2.51. The van der Waals surface area contributed by atoms with E-state index in [-0.39, 0.29) is 0 Å². The number of piperazine rings is 1. The third-order valence-electron chi connectivity index (χ3n) is 5.27. The van der Waals surface area contributed by atoms with E-state index in [2.05, 4.69) is 55.5 Å². The van der Waals surface area contributed by atoms with Gasteiger partial charge in [-0.1, -0.05) is 0 Å². The molecule has 8 heteroatoms. The summed E-state index contributed by atoms with van der Waals surface area (Å²) < 4.78 is 0. The molecule has 0 unspecified atom stereocenters. The molecule has 1 fully saturated rings. The molecule has 0 aliphatic carbocycles. The van der Waals surface area contributed by atoms with Gasteiger partial charge in [-0.3, -0.25) is 10.4 Å². The van der Waals surface area contributed by atoms with E-state index in [1.807, 2.05) is 24.4 Å². The van der Waals surface area contributed by atoms with Gasteiger partial charge in [0.1, 0.15) is 5.69 Å². The molecule has 28 heavy (non-hydrogen) atoms. The maximum atomic E-state index is 5.78. The van der Waals surface area contributed by atoms with Crippen molar-refractivity contribution in [1.82, 2.24) is 15.3 Å². The Hall–Kier alpha value is -2.87. The number of rotatable bonds is 2. The quantitative estimate of drug-likeness (QED) is 0.457. The largest absolute Gasteiger partial charge is 0.399 e. The Labute approximate surface area is 170 Å². The van der Waals surface area contributed by atoms with Gasteiger partial charge in [0.15, 0.2) is 5.11 Å². The molecular formula is C20H25N7S. The molecular weight excluding hydrogens is 370 g/mol. The van der Waals surface area contributed by atoms with Gasteiger partial charge in [-0.15, -0.1) is 0 Å². The lowest BCUT2D eigenvalue weighted by atomic mass is 10.1. The molecule has 3 N–H and O–H groups in total. The molecule has 1 aromatic heterocycles. The number of hydrazone groups is 1. The molecule has 2 aromatic rings. The molecule has 2 aliphatic rings. The predicted molar refractivity (Wildman–Crippen MR) is 119 cm³/mol. The zero-order chi connectivity index (χ0) is 19.5. The molecule has 0 saturated carbocycles. The van der Waals surface area contributed by atoms with E-state index in [1.54, 1.807) is 0 Å². The lowest BCUT2D eigenvalue weighted by Gasteiger charge is -2.37. The fraction of sp³-hybridized carbons (Fsp3) is 0.350. The van der Waals surface area contributed by atoms with Crippen molar-refractivity contribution in [3.05, 3.63) is 48.3 Å². The van der Waals surface area contributed by atoms with Gasteiger partial charge in [0, 0.05) is 63.8 Å². The normalized spacial score (nSPS) is 18.2. The highest BCUT2D eigenvalue weighted by Gasteiger charge is 2.22. The van der Waals surface area contributed by atoms with Crippen molar-refractivity contribution in [3.8, 4) is 0 Å². The van der Waals surface area contributed by atoms with Crippen LogP contribution >= 0.6 is 12.2 Å². The van der Waals surface area contributed by atoms with Gasteiger partial charge in [-0.05, 0) is 48.6 Å². The van der Waals surface area contributed by atoms with E-state index in [0.717, 1.165) is 61.9 Å². The summed E-state index contributed by atoms with van der Waals surface area (Å²) in [5.74, 6) is 0. The fourth-order valence-electron chi connectivity index (χ4n) is 3.59. The van der Waals surface area contributed by atoms with E-state index >= 15 is 0 Å². The molecule has 7 nitrogen and oxygen atoms in total. The average Bonchev–Trinajstić information content (AvgIpc) is 2.74. The van der Waals surface area contributed by atoms with E-state index < -0.39 is 0 Å². The van der Waals surface area contributed by atoms with Crippen LogP contribution in [0, 0.1) is 0 Å².